The van der Waals surface area contributed by atoms with Crippen molar-refractivity contribution in [1.82, 2.24) is 14.5 Å². The van der Waals surface area contributed by atoms with E-state index in [1.807, 2.05) is 4.57 Å². The molecule has 0 atom stereocenters. The summed E-state index contributed by atoms with van der Waals surface area (Å²) >= 11 is 0. The molecule has 0 amide bonds. The second-order valence-electron chi connectivity index (χ2n) is 12.6. The van der Waals surface area contributed by atoms with Crippen molar-refractivity contribution in [1.29, 1.82) is 5.26 Å². The van der Waals surface area contributed by atoms with Gasteiger partial charge in [0.1, 0.15) is 18.2 Å². The Morgan fingerprint density at radius 2 is 1.74 bits per heavy atom. The molecule has 47 heavy (non-hydrogen) atoms. The largest absolute Gasteiger partial charge is 0.478 e. The molecule has 4 heterocycles. The van der Waals surface area contributed by atoms with Gasteiger partial charge in [0.15, 0.2) is 17.5 Å². The van der Waals surface area contributed by atoms with Crippen molar-refractivity contribution in [2.75, 3.05) is 36.0 Å². The first-order chi connectivity index (χ1) is 22.5. The lowest BCUT2D eigenvalue weighted by Gasteiger charge is -2.60. The van der Waals surface area contributed by atoms with Gasteiger partial charge < -0.3 is 28.9 Å². The van der Waals surface area contributed by atoms with E-state index in [1.165, 1.54) is 6.07 Å². The van der Waals surface area contributed by atoms with Crippen LogP contribution in [0.15, 0.2) is 42.5 Å². The van der Waals surface area contributed by atoms with Gasteiger partial charge in [-0.2, -0.15) is 19.0 Å². The number of halogens is 5. The number of pyridine rings is 1. The van der Waals surface area contributed by atoms with Crippen molar-refractivity contribution in [2.45, 2.75) is 39.0 Å². The first-order valence-electron chi connectivity index (χ1n) is 14.8. The molecule has 3 fully saturated rings. The van der Waals surface area contributed by atoms with Crippen LogP contribution in [0.3, 0.4) is 0 Å². The number of nitrogens with zero attached hydrogens (tertiary/aromatic N) is 6. The van der Waals surface area contributed by atoms with Crippen molar-refractivity contribution < 1.29 is 41.3 Å². The van der Waals surface area contributed by atoms with E-state index in [1.54, 1.807) is 17.0 Å². The number of nitriles is 1. The summed E-state index contributed by atoms with van der Waals surface area (Å²) in [5, 5.41) is 18.9. The molecule has 1 spiro atoms. The van der Waals surface area contributed by atoms with E-state index < -0.39 is 48.3 Å². The Kier molecular flexibility index (Phi) is 7.33. The number of fused-ring (bicyclic) bond motifs is 1. The lowest BCUT2D eigenvalue weighted by Crippen LogP contribution is -2.73. The molecule has 3 aliphatic rings. The van der Waals surface area contributed by atoms with Crippen LogP contribution in [0.5, 0.6) is 11.6 Å². The Morgan fingerprint density at radius 1 is 1.00 bits per heavy atom. The number of anilines is 2. The number of aromatic carboxylic acids is 1. The maximum absolute atomic E-state index is 14.9. The summed E-state index contributed by atoms with van der Waals surface area (Å²) in [5.41, 5.74) is 1.08. The van der Waals surface area contributed by atoms with Crippen LogP contribution >= 0.6 is 0 Å². The molecule has 10 nitrogen and oxygen atoms in total. The van der Waals surface area contributed by atoms with E-state index in [0.717, 1.165) is 31.0 Å². The third kappa shape index (κ3) is 5.72. The van der Waals surface area contributed by atoms with Crippen molar-refractivity contribution in [3.8, 4) is 17.7 Å². The molecular formula is C32H27F5N6O4. The summed E-state index contributed by atoms with van der Waals surface area (Å²) < 4.78 is 80.3. The zero-order valence-electron chi connectivity index (χ0n) is 24.7. The number of rotatable bonds is 11. The maximum atomic E-state index is 14.9. The lowest BCUT2D eigenvalue weighted by atomic mass is 9.73. The van der Waals surface area contributed by atoms with Gasteiger partial charge in [-0.1, -0.05) is 0 Å². The third-order valence-electron chi connectivity index (χ3n) is 9.06. The highest BCUT2D eigenvalue weighted by atomic mass is 19.3. The summed E-state index contributed by atoms with van der Waals surface area (Å²) in [5.74, 6) is -4.33. The van der Waals surface area contributed by atoms with Crippen molar-refractivity contribution in [3.63, 3.8) is 0 Å². The van der Waals surface area contributed by atoms with E-state index in [4.69, 9.17) is 9.72 Å². The van der Waals surface area contributed by atoms with E-state index >= 15 is 0 Å². The highest BCUT2D eigenvalue weighted by Crippen LogP contribution is 2.52. The van der Waals surface area contributed by atoms with E-state index in [0.29, 0.717) is 62.2 Å². The normalized spacial score (nSPS) is 17.4. The molecule has 0 radical (unpaired) electrons. The average molecular weight is 655 g/mol. The zero-order chi connectivity index (χ0) is 33.1. The van der Waals surface area contributed by atoms with Crippen LogP contribution in [0, 0.1) is 39.6 Å². The Hall–Kier alpha value is -5.13. The SMILES string of the molecule is N#CCC1(Cn2c(N3CC4(CN(c5nc(OCc6ccc(F)cc6OC(F)F)c(F)cc5F)C4)C3)nc3ccc(C(=O)O)cc32)CC1. The van der Waals surface area contributed by atoms with Crippen LogP contribution in [-0.4, -0.2) is 58.4 Å². The fourth-order valence-corrected chi connectivity index (χ4v) is 6.49. The Balaban J connectivity index is 1.06. The number of carbonyl (C=O) groups is 1. The summed E-state index contributed by atoms with van der Waals surface area (Å²) in [4.78, 5) is 24.2. The number of carboxylic acid groups (broad SMARTS) is 1. The molecule has 1 saturated carbocycles. The number of carboxylic acids is 1. The van der Waals surface area contributed by atoms with Gasteiger partial charge in [0, 0.05) is 67.7 Å². The first-order valence-corrected chi connectivity index (χ1v) is 14.8. The third-order valence-corrected chi connectivity index (χ3v) is 9.06. The molecule has 2 aromatic carbocycles. The monoisotopic (exact) mass is 654 g/mol. The molecule has 2 aromatic heterocycles. The zero-order valence-corrected chi connectivity index (χ0v) is 24.7. The van der Waals surface area contributed by atoms with Crippen LogP contribution in [0.1, 0.15) is 35.2 Å². The second kappa shape index (κ2) is 11.3. The molecule has 4 aromatic rings. The van der Waals surface area contributed by atoms with Crippen LogP contribution in [0.2, 0.25) is 0 Å². The molecule has 0 bridgehead atoms. The number of hydrogen-bond donors (Lipinski definition) is 1. The van der Waals surface area contributed by atoms with Crippen molar-refractivity contribution in [3.05, 3.63) is 71.0 Å². The Labute approximate surface area is 264 Å². The summed E-state index contributed by atoms with van der Waals surface area (Å²) in [6.45, 7) is -1.20. The average Bonchev–Trinajstić information content (AvgIpc) is 3.64. The maximum Gasteiger partial charge on any atom is 0.387 e. The predicted molar refractivity (Wildman–Crippen MR) is 157 cm³/mol. The molecule has 0 unspecified atom stereocenters. The lowest BCUT2D eigenvalue weighted by molar-refractivity contribution is -0.0510. The van der Waals surface area contributed by atoms with Crippen LogP contribution in [-0.2, 0) is 13.2 Å². The van der Waals surface area contributed by atoms with Crippen LogP contribution in [0.4, 0.5) is 33.7 Å². The van der Waals surface area contributed by atoms with Gasteiger partial charge in [-0.15, -0.1) is 0 Å². The van der Waals surface area contributed by atoms with Gasteiger partial charge in [0.2, 0.25) is 5.95 Å². The molecule has 1 aliphatic carbocycles. The van der Waals surface area contributed by atoms with Gasteiger partial charge in [-0.3, -0.25) is 0 Å². The topological polar surface area (TPSA) is 117 Å². The minimum Gasteiger partial charge on any atom is -0.478 e. The van der Waals surface area contributed by atoms with Gasteiger partial charge in [0.05, 0.1) is 22.7 Å². The van der Waals surface area contributed by atoms with Crippen LogP contribution in [0.25, 0.3) is 11.0 Å². The number of aromatic nitrogens is 3. The summed E-state index contributed by atoms with van der Waals surface area (Å²) in [6.07, 6.45) is 2.18. The Bertz CT molecular complexity index is 1930. The smallest absolute Gasteiger partial charge is 0.387 e. The molecule has 15 heteroatoms. The number of benzene rings is 2. The van der Waals surface area contributed by atoms with E-state index in [2.05, 4.69) is 20.7 Å². The minimum absolute atomic E-state index is 0.0154. The number of alkyl halides is 2. The number of ether oxygens (including phenoxy) is 2. The van der Waals surface area contributed by atoms with E-state index in [-0.39, 0.29) is 27.8 Å². The van der Waals surface area contributed by atoms with E-state index in [9.17, 15) is 37.1 Å². The van der Waals surface area contributed by atoms with Gasteiger partial charge in [-0.25, -0.2) is 22.9 Å². The fraction of sp³-hybridized carbons (Fsp3) is 0.375. The molecule has 2 aliphatic heterocycles. The molecular weight excluding hydrogens is 627 g/mol. The second-order valence-corrected chi connectivity index (χ2v) is 12.6. The molecule has 244 valence electrons. The molecule has 1 N–H and O–H groups in total. The highest BCUT2D eigenvalue weighted by molar-refractivity contribution is 5.93. The number of imidazole rings is 1. The highest BCUT2D eigenvalue weighted by Gasteiger charge is 2.54. The van der Waals surface area contributed by atoms with Crippen LogP contribution < -0.4 is 19.3 Å². The summed E-state index contributed by atoms with van der Waals surface area (Å²) in [6, 6.07) is 10.6. The quantitative estimate of drug-likeness (QED) is 0.202. The van der Waals surface area contributed by atoms with Gasteiger partial charge >= 0.3 is 12.6 Å². The summed E-state index contributed by atoms with van der Waals surface area (Å²) in [7, 11) is 0. The standard InChI is InChI=1S/C32H27F5N6O4/c33-20-3-1-19(25(10-20)47-29(36)37)12-46-27-22(35)11-21(34)26(40-27)41-13-32(14-41)15-42(16-32)30-39-23-4-2-18(28(44)45)9-24(23)43(30)17-31(5-6-31)7-8-38/h1-4,9-11,29H,5-7,12-17H2,(H,44,45). The molecule has 7 rings (SSSR count). The van der Waals surface area contributed by atoms with Gasteiger partial charge in [-0.05, 0) is 43.2 Å². The minimum atomic E-state index is -3.22. The first kappa shape index (κ1) is 30.5. The molecule has 2 saturated heterocycles. The predicted octanol–water partition coefficient (Wildman–Crippen LogP) is 5.75. The van der Waals surface area contributed by atoms with Gasteiger partial charge in [0.25, 0.3) is 5.88 Å². The fourth-order valence-electron chi connectivity index (χ4n) is 6.49. The van der Waals surface area contributed by atoms with Crippen molar-refractivity contribution >= 4 is 28.8 Å². The number of hydrogen-bond acceptors (Lipinski definition) is 8. The Morgan fingerprint density at radius 3 is 2.43 bits per heavy atom. The van der Waals surface area contributed by atoms with Crippen molar-refractivity contribution in [2.24, 2.45) is 10.8 Å².